The second-order valence-corrected chi connectivity index (χ2v) is 10.7. The van der Waals surface area contributed by atoms with Crippen molar-refractivity contribution in [2.24, 2.45) is 17.0 Å². The minimum absolute atomic E-state index is 0.0226. The third kappa shape index (κ3) is 9.10. The lowest BCUT2D eigenvalue weighted by atomic mass is 9.94. The number of likely N-dealkylation sites (tertiary alicyclic amines) is 1. The number of rotatable bonds is 13. The lowest BCUT2D eigenvalue weighted by Gasteiger charge is -2.39. The van der Waals surface area contributed by atoms with Gasteiger partial charge < -0.3 is 20.5 Å². The number of carbonyl (C=O) groups excluding carboxylic acids is 3. The van der Waals surface area contributed by atoms with Gasteiger partial charge in [0, 0.05) is 24.6 Å². The molecule has 2 rings (SSSR count). The number of halogens is 3. The second kappa shape index (κ2) is 14.5. The Labute approximate surface area is 226 Å². The average Bonchev–Trinajstić information content (AvgIpc) is 2.89. The predicted molar refractivity (Wildman–Crippen MR) is 140 cm³/mol. The van der Waals surface area contributed by atoms with E-state index in [-0.39, 0.29) is 24.3 Å². The molecule has 4 unspecified atom stereocenters. The molecule has 1 aliphatic heterocycles. The summed E-state index contributed by atoms with van der Waals surface area (Å²) in [7, 11) is 0. The standard InChI is InChI=1S/C27H39F3N4O5/c1-16(2)21(31-25(37)19-10-8-18(9-11-19)20(33-39)12-14-35)15-34-13-6-5-7-22(34)26(38)32-23(17(3)4)24(36)27(28,29)30/h8-11,14,16-17,20-24,36H,5-7,12-13,15H2,1-4H3,(H,31,37)(H,32,38)/t20?,21?,22-,23?,24?/m0/s1. The van der Waals surface area contributed by atoms with Gasteiger partial charge in [0.1, 0.15) is 12.3 Å². The van der Waals surface area contributed by atoms with Crippen molar-refractivity contribution in [2.45, 2.75) is 89.8 Å². The van der Waals surface area contributed by atoms with E-state index in [1.165, 1.54) is 13.8 Å². The van der Waals surface area contributed by atoms with Gasteiger partial charge >= 0.3 is 6.18 Å². The number of piperidine rings is 1. The van der Waals surface area contributed by atoms with Crippen molar-refractivity contribution in [3.63, 3.8) is 0 Å². The molecule has 0 aliphatic carbocycles. The molecular formula is C27H39F3N4O5. The molecule has 1 heterocycles. The normalized spacial score (nSPS) is 19.7. The van der Waals surface area contributed by atoms with Crippen LogP contribution < -0.4 is 10.6 Å². The second-order valence-electron chi connectivity index (χ2n) is 10.7. The molecule has 218 valence electrons. The maximum absolute atomic E-state index is 13.2. The molecule has 0 aromatic heterocycles. The molecule has 2 amide bonds. The molecule has 1 saturated heterocycles. The van der Waals surface area contributed by atoms with Crippen molar-refractivity contribution in [3.05, 3.63) is 40.3 Å². The number of aldehydes is 1. The molecule has 9 nitrogen and oxygen atoms in total. The third-order valence-corrected chi connectivity index (χ3v) is 7.18. The zero-order valence-electron chi connectivity index (χ0n) is 22.8. The van der Waals surface area contributed by atoms with Crippen LogP contribution in [0.5, 0.6) is 0 Å². The summed E-state index contributed by atoms with van der Waals surface area (Å²) in [4.78, 5) is 49.7. The van der Waals surface area contributed by atoms with E-state index >= 15 is 0 Å². The van der Waals surface area contributed by atoms with Crippen LogP contribution in [0.3, 0.4) is 0 Å². The summed E-state index contributed by atoms with van der Waals surface area (Å²) in [6, 6.07) is 2.86. The number of nitrogens with one attached hydrogen (secondary N) is 2. The zero-order chi connectivity index (χ0) is 29.3. The summed E-state index contributed by atoms with van der Waals surface area (Å²) in [5.41, 5.74) is 0.862. The number of amides is 2. The zero-order valence-corrected chi connectivity index (χ0v) is 22.8. The molecule has 1 aliphatic rings. The summed E-state index contributed by atoms with van der Waals surface area (Å²) >= 11 is 0. The molecule has 1 aromatic carbocycles. The van der Waals surface area contributed by atoms with Crippen LogP contribution in [0.1, 0.15) is 75.3 Å². The first-order chi connectivity index (χ1) is 18.3. The minimum atomic E-state index is -4.86. The Bertz CT molecular complexity index is 971. The van der Waals surface area contributed by atoms with Crippen molar-refractivity contribution < 1.29 is 32.7 Å². The molecule has 1 fully saturated rings. The van der Waals surface area contributed by atoms with Crippen LogP contribution in [0.2, 0.25) is 0 Å². The summed E-state index contributed by atoms with van der Waals surface area (Å²) in [5.74, 6) is -1.61. The van der Waals surface area contributed by atoms with Gasteiger partial charge in [0.05, 0.1) is 12.1 Å². The monoisotopic (exact) mass is 556 g/mol. The lowest BCUT2D eigenvalue weighted by Crippen LogP contribution is -2.59. The van der Waals surface area contributed by atoms with Crippen LogP contribution in [0.15, 0.2) is 29.4 Å². The van der Waals surface area contributed by atoms with E-state index in [4.69, 9.17) is 0 Å². The van der Waals surface area contributed by atoms with Gasteiger partial charge in [-0.15, -0.1) is 0 Å². The summed E-state index contributed by atoms with van der Waals surface area (Å²) in [6.07, 6.45) is -5.00. The summed E-state index contributed by atoms with van der Waals surface area (Å²) < 4.78 is 39.5. The highest BCUT2D eigenvalue weighted by molar-refractivity contribution is 5.94. The Morgan fingerprint density at radius 2 is 1.74 bits per heavy atom. The number of hydrogen-bond donors (Lipinski definition) is 3. The van der Waals surface area contributed by atoms with Gasteiger partial charge in [0.25, 0.3) is 5.91 Å². The largest absolute Gasteiger partial charge is 0.416 e. The molecule has 0 saturated carbocycles. The molecule has 39 heavy (non-hydrogen) atoms. The van der Waals surface area contributed by atoms with Crippen molar-refractivity contribution in [3.8, 4) is 0 Å². The number of carbonyl (C=O) groups is 3. The van der Waals surface area contributed by atoms with Crippen LogP contribution in [-0.2, 0) is 9.59 Å². The van der Waals surface area contributed by atoms with Crippen molar-refractivity contribution in [1.82, 2.24) is 15.5 Å². The molecule has 1 aromatic rings. The SMILES string of the molecule is CC(C)C(CN1CCCC[C@H]1C(=O)NC(C(C)C)C(O)C(F)(F)F)NC(=O)c1ccc(C(CC=O)N=O)cc1. The number of benzene rings is 1. The van der Waals surface area contributed by atoms with Gasteiger partial charge in [-0.05, 0) is 48.9 Å². The Hall–Kier alpha value is -2.86. The van der Waals surface area contributed by atoms with E-state index in [1.807, 2.05) is 18.7 Å². The fraction of sp³-hybridized carbons (Fsp3) is 0.667. The fourth-order valence-electron chi connectivity index (χ4n) is 4.70. The molecule has 12 heteroatoms. The van der Waals surface area contributed by atoms with E-state index in [9.17, 15) is 37.6 Å². The van der Waals surface area contributed by atoms with Gasteiger partial charge in [0.15, 0.2) is 6.10 Å². The first kappa shape index (κ1) is 32.4. The van der Waals surface area contributed by atoms with Gasteiger partial charge in [0.2, 0.25) is 5.91 Å². The van der Waals surface area contributed by atoms with Crippen LogP contribution in [0.4, 0.5) is 13.2 Å². The summed E-state index contributed by atoms with van der Waals surface area (Å²) in [5, 5.41) is 18.2. The predicted octanol–water partition coefficient (Wildman–Crippen LogP) is 3.76. The number of alkyl halides is 3. The number of aliphatic hydroxyl groups excluding tert-OH is 1. The Morgan fingerprint density at radius 1 is 1.10 bits per heavy atom. The molecular weight excluding hydrogens is 517 g/mol. The highest BCUT2D eigenvalue weighted by Gasteiger charge is 2.46. The minimum Gasteiger partial charge on any atom is -0.382 e. The molecule has 5 atom stereocenters. The number of nitrogens with zero attached hydrogens (tertiary/aromatic N) is 2. The third-order valence-electron chi connectivity index (χ3n) is 7.18. The van der Waals surface area contributed by atoms with Crippen molar-refractivity contribution >= 4 is 18.1 Å². The van der Waals surface area contributed by atoms with E-state index in [0.29, 0.717) is 36.9 Å². The fourth-order valence-corrected chi connectivity index (χ4v) is 4.70. The quantitative estimate of drug-likeness (QED) is 0.251. The topological polar surface area (TPSA) is 128 Å². The first-order valence-electron chi connectivity index (χ1n) is 13.3. The van der Waals surface area contributed by atoms with Gasteiger partial charge in [-0.25, -0.2) is 0 Å². The Balaban J connectivity index is 2.13. The van der Waals surface area contributed by atoms with E-state index in [0.717, 1.165) is 12.8 Å². The molecule has 3 N–H and O–H groups in total. The maximum Gasteiger partial charge on any atom is 0.416 e. The van der Waals surface area contributed by atoms with Crippen molar-refractivity contribution in [2.75, 3.05) is 13.1 Å². The van der Waals surface area contributed by atoms with Crippen LogP contribution in [0.25, 0.3) is 0 Å². The van der Waals surface area contributed by atoms with Gasteiger partial charge in [-0.3, -0.25) is 14.5 Å². The molecule has 0 bridgehead atoms. The number of nitroso groups, excluding NO2 is 1. The highest BCUT2D eigenvalue weighted by atomic mass is 19.4. The molecule has 0 spiro atoms. The van der Waals surface area contributed by atoms with Crippen molar-refractivity contribution in [1.29, 1.82) is 0 Å². The number of hydrogen-bond acceptors (Lipinski definition) is 7. The smallest absolute Gasteiger partial charge is 0.382 e. The first-order valence-corrected chi connectivity index (χ1v) is 13.3. The van der Waals surface area contributed by atoms with Crippen LogP contribution in [-0.4, -0.2) is 71.6 Å². The Morgan fingerprint density at radius 3 is 2.26 bits per heavy atom. The Kier molecular flexibility index (Phi) is 12.0. The highest BCUT2D eigenvalue weighted by Crippen LogP contribution is 2.27. The lowest BCUT2D eigenvalue weighted by molar-refractivity contribution is -0.215. The summed E-state index contributed by atoms with van der Waals surface area (Å²) in [6.45, 7) is 7.70. The van der Waals surface area contributed by atoms with E-state index in [2.05, 4.69) is 15.8 Å². The molecule has 0 radical (unpaired) electrons. The average molecular weight is 557 g/mol. The number of aliphatic hydroxyl groups is 1. The van der Waals surface area contributed by atoms with Crippen LogP contribution >= 0.6 is 0 Å². The van der Waals surface area contributed by atoms with Gasteiger partial charge in [-0.2, -0.15) is 18.1 Å². The van der Waals surface area contributed by atoms with E-state index in [1.54, 1.807) is 24.3 Å². The maximum atomic E-state index is 13.2. The van der Waals surface area contributed by atoms with Gasteiger partial charge in [-0.1, -0.05) is 51.4 Å². The van der Waals surface area contributed by atoms with E-state index < -0.39 is 42.2 Å². The van der Waals surface area contributed by atoms with Crippen LogP contribution in [0, 0.1) is 16.7 Å².